The summed E-state index contributed by atoms with van der Waals surface area (Å²) < 4.78 is 0. The molecule has 2 heterocycles. The number of amides is 1. The van der Waals surface area contributed by atoms with E-state index in [-0.39, 0.29) is 5.91 Å². The second kappa shape index (κ2) is 6.13. The van der Waals surface area contributed by atoms with Gasteiger partial charge in [0.1, 0.15) is 0 Å². The molecular formula is C12H12N4OS. The highest BCUT2D eigenvalue weighted by molar-refractivity contribution is 7.98. The van der Waals surface area contributed by atoms with Crippen molar-refractivity contribution < 1.29 is 4.79 Å². The first-order valence-corrected chi connectivity index (χ1v) is 6.27. The Bertz CT molecular complexity index is 515. The minimum absolute atomic E-state index is 0.337. The van der Waals surface area contributed by atoms with Crippen LogP contribution in [0.4, 0.5) is 0 Å². The molecule has 0 atom stereocenters. The average molecular weight is 260 g/mol. The molecule has 0 aromatic carbocycles. The topological polar surface area (TPSA) is 80.9 Å². The van der Waals surface area contributed by atoms with Gasteiger partial charge in [0.15, 0.2) is 0 Å². The first-order valence-electron chi connectivity index (χ1n) is 5.28. The number of nitrogens with zero attached hydrogens (tertiary/aromatic N) is 2. The smallest absolute Gasteiger partial charge is 0.266 e. The van der Waals surface area contributed by atoms with Gasteiger partial charge >= 0.3 is 0 Å². The third kappa shape index (κ3) is 3.28. The Morgan fingerprint density at radius 1 is 1.28 bits per heavy atom. The van der Waals surface area contributed by atoms with E-state index >= 15 is 0 Å². The highest BCUT2D eigenvalue weighted by Crippen LogP contribution is 2.20. The van der Waals surface area contributed by atoms with Crippen molar-refractivity contribution in [3.8, 4) is 0 Å². The van der Waals surface area contributed by atoms with Crippen LogP contribution in [0, 0.1) is 0 Å². The second-order valence-corrected chi connectivity index (χ2v) is 4.53. The van der Waals surface area contributed by atoms with Crippen molar-refractivity contribution >= 4 is 17.7 Å². The van der Waals surface area contributed by atoms with Crippen LogP contribution in [0.25, 0.3) is 0 Å². The van der Waals surface area contributed by atoms with Crippen molar-refractivity contribution in [2.75, 3.05) is 0 Å². The number of nitrogen functional groups attached to an aromatic ring is 1. The Labute approximate surface area is 109 Å². The van der Waals surface area contributed by atoms with Crippen LogP contribution in [0.15, 0.2) is 47.8 Å². The average Bonchev–Trinajstić information content (AvgIpc) is 2.46. The van der Waals surface area contributed by atoms with Gasteiger partial charge in [-0.2, -0.15) is 0 Å². The summed E-state index contributed by atoms with van der Waals surface area (Å²) in [6.07, 6.45) is 5.03. The number of hydrazine groups is 1. The largest absolute Gasteiger partial charge is 0.290 e. The fraction of sp³-hybridized carbons (Fsp3) is 0.0833. The Kier molecular flexibility index (Phi) is 4.27. The molecule has 2 aromatic heterocycles. The van der Waals surface area contributed by atoms with Crippen LogP contribution >= 0.6 is 11.8 Å². The van der Waals surface area contributed by atoms with E-state index in [1.807, 2.05) is 18.2 Å². The van der Waals surface area contributed by atoms with Gasteiger partial charge in [-0.3, -0.25) is 20.2 Å². The quantitative estimate of drug-likeness (QED) is 0.375. The summed E-state index contributed by atoms with van der Waals surface area (Å²) in [5.41, 5.74) is 3.43. The van der Waals surface area contributed by atoms with Crippen LogP contribution in [0.3, 0.4) is 0 Å². The number of rotatable bonds is 4. The second-order valence-electron chi connectivity index (χ2n) is 3.48. The molecular weight excluding hydrogens is 248 g/mol. The molecule has 0 aliphatic carbocycles. The fourth-order valence-corrected chi connectivity index (χ4v) is 2.12. The lowest BCUT2D eigenvalue weighted by Crippen LogP contribution is -2.30. The molecule has 0 radical (unpaired) electrons. The lowest BCUT2D eigenvalue weighted by atomic mass is 10.2. The van der Waals surface area contributed by atoms with Gasteiger partial charge in [-0.15, -0.1) is 11.8 Å². The lowest BCUT2D eigenvalue weighted by Gasteiger charge is -2.02. The molecule has 92 valence electrons. The molecule has 5 nitrogen and oxygen atoms in total. The Morgan fingerprint density at radius 3 is 2.67 bits per heavy atom. The maximum atomic E-state index is 11.2. The Balaban J connectivity index is 1.97. The van der Waals surface area contributed by atoms with Crippen LogP contribution in [0.2, 0.25) is 0 Å². The van der Waals surface area contributed by atoms with E-state index in [1.54, 1.807) is 30.2 Å². The molecule has 1 amide bonds. The summed E-state index contributed by atoms with van der Waals surface area (Å²) in [5, 5.41) is 0. The minimum Gasteiger partial charge on any atom is -0.290 e. The number of pyridine rings is 2. The zero-order valence-electron chi connectivity index (χ0n) is 9.54. The number of nitrogens with two attached hydrogens (primary N) is 1. The van der Waals surface area contributed by atoms with E-state index < -0.39 is 0 Å². The van der Waals surface area contributed by atoms with Crippen molar-refractivity contribution in [2.45, 2.75) is 10.6 Å². The molecule has 0 aliphatic rings. The molecule has 18 heavy (non-hydrogen) atoms. The number of carbonyl (C=O) groups is 1. The van der Waals surface area contributed by atoms with Gasteiger partial charge in [0.2, 0.25) is 0 Å². The number of thioether (sulfide) groups is 1. The van der Waals surface area contributed by atoms with Gasteiger partial charge < -0.3 is 0 Å². The van der Waals surface area contributed by atoms with Gasteiger partial charge in [-0.25, -0.2) is 5.84 Å². The number of carbonyl (C=O) groups excluding carboxylic acids is 1. The van der Waals surface area contributed by atoms with E-state index in [1.165, 1.54) is 6.20 Å². The van der Waals surface area contributed by atoms with Crippen molar-refractivity contribution in [3.05, 3.63) is 54.1 Å². The third-order valence-corrected chi connectivity index (χ3v) is 3.30. The molecule has 0 saturated heterocycles. The number of hydrogen-bond acceptors (Lipinski definition) is 5. The highest BCUT2D eigenvalue weighted by atomic mass is 32.2. The van der Waals surface area contributed by atoms with E-state index in [9.17, 15) is 4.79 Å². The molecule has 0 spiro atoms. The zero-order valence-corrected chi connectivity index (χ0v) is 10.4. The van der Waals surface area contributed by atoms with Crippen molar-refractivity contribution in [3.63, 3.8) is 0 Å². The van der Waals surface area contributed by atoms with Gasteiger partial charge in [0.05, 0.1) is 11.3 Å². The molecule has 0 saturated carbocycles. The van der Waals surface area contributed by atoms with Gasteiger partial charge in [0.25, 0.3) is 5.91 Å². The van der Waals surface area contributed by atoms with Crippen molar-refractivity contribution in [2.24, 2.45) is 5.84 Å². The maximum Gasteiger partial charge on any atom is 0.266 e. The SMILES string of the molecule is NNC(=O)c1ccc(CSc2ccncc2)nc1. The predicted molar refractivity (Wildman–Crippen MR) is 69.7 cm³/mol. The normalized spacial score (nSPS) is 10.1. The summed E-state index contributed by atoms with van der Waals surface area (Å²) >= 11 is 1.67. The molecule has 6 heteroatoms. The molecule has 0 bridgehead atoms. The summed E-state index contributed by atoms with van der Waals surface area (Å²) in [6.45, 7) is 0. The van der Waals surface area contributed by atoms with Crippen LogP contribution in [0.1, 0.15) is 16.1 Å². The van der Waals surface area contributed by atoms with Gasteiger partial charge in [-0.05, 0) is 24.3 Å². The highest BCUT2D eigenvalue weighted by Gasteiger charge is 2.04. The maximum absolute atomic E-state index is 11.2. The Morgan fingerprint density at radius 2 is 2.06 bits per heavy atom. The van der Waals surface area contributed by atoms with Crippen LogP contribution in [-0.4, -0.2) is 15.9 Å². The molecule has 3 N–H and O–H groups in total. The Hall–Kier alpha value is -1.92. The molecule has 0 fully saturated rings. The van der Waals surface area contributed by atoms with Crippen LogP contribution in [-0.2, 0) is 5.75 Å². The van der Waals surface area contributed by atoms with Crippen molar-refractivity contribution in [1.82, 2.24) is 15.4 Å². The number of aromatic nitrogens is 2. The summed E-state index contributed by atoms with van der Waals surface area (Å²) in [4.78, 5) is 20.5. The summed E-state index contributed by atoms with van der Waals surface area (Å²) in [6, 6.07) is 7.41. The van der Waals surface area contributed by atoms with Gasteiger partial charge in [0, 0.05) is 29.2 Å². The third-order valence-electron chi connectivity index (χ3n) is 2.25. The number of hydrogen-bond donors (Lipinski definition) is 2. The molecule has 2 aromatic rings. The molecule has 2 rings (SSSR count). The zero-order chi connectivity index (χ0) is 12.8. The first kappa shape index (κ1) is 12.5. The lowest BCUT2D eigenvalue weighted by molar-refractivity contribution is 0.0953. The fourth-order valence-electron chi connectivity index (χ4n) is 1.32. The molecule has 0 unspecified atom stereocenters. The number of nitrogens with one attached hydrogen (secondary N) is 1. The van der Waals surface area contributed by atoms with Crippen LogP contribution in [0.5, 0.6) is 0 Å². The predicted octanol–water partition coefficient (Wildman–Crippen LogP) is 1.37. The van der Waals surface area contributed by atoms with Crippen LogP contribution < -0.4 is 11.3 Å². The molecule has 0 aliphatic heterocycles. The van der Waals surface area contributed by atoms with Gasteiger partial charge in [-0.1, -0.05) is 0 Å². The monoisotopic (exact) mass is 260 g/mol. The summed E-state index contributed by atoms with van der Waals surface area (Å²) in [7, 11) is 0. The summed E-state index contributed by atoms with van der Waals surface area (Å²) in [5.74, 6) is 5.45. The van der Waals surface area contributed by atoms with E-state index in [0.29, 0.717) is 5.56 Å². The van der Waals surface area contributed by atoms with E-state index in [0.717, 1.165) is 16.3 Å². The minimum atomic E-state index is -0.337. The first-order chi connectivity index (χ1) is 8.79. The van der Waals surface area contributed by atoms with Crippen molar-refractivity contribution in [1.29, 1.82) is 0 Å². The standard InChI is InChI=1S/C12H12N4OS/c13-16-12(17)9-1-2-10(15-7-9)8-18-11-3-5-14-6-4-11/h1-7H,8,13H2,(H,16,17). The van der Waals surface area contributed by atoms with E-state index in [2.05, 4.69) is 15.4 Å². The van der Waals surface area contributed by atoms with E-state index in [4.69, 9.17) is 5.84 Å².